The second-order valence-corrected chi connectivity index (χ2v) is 7.60. The second-order valence-electron chi connectivity index (χ2n) is 5.54. The molecule has 0 radical (unpaired) electrons. The molecule has 3 aromatic rings. The molecule has 1 N–H and O–H groups in total. The molecule has 5 nitrogen and oxygen atoms in total. The Balaban J connectivity index is 1.85. The predicted octanol–water partition coefficient (Wildman–Crippen LogP) is 5.33. The van der Waals surface area contributed by atoms with Crippen LogP contribution in [-0.2, 0) is 10.0 Å². The summed E-state index contributed by atoms with van der Waals surface area (Å²) in [6, 6.07) is 20.1. The Labute approximate surface area is 163 Å². The number of hydrogen-bond donors (Lipinski definition) is 1. The molecule has 0 spiro atoms. The quantitative estimate of drug-likeness (QED) is 0.578. The van der Waals surface area contributed by atoms with Crippen LogP contribution in [-0.4, -0.2) is 15.0 Å². The molecule has 0 aliphatic heterocycles. The van der Waals surface area contributed by atoms with Gasteiger partial charge in [-0.2, -0.15) is 0 Å². The lowest BCUT2D eigenvalue weighted by Crippen LogP contribution is -2.14. The van der Waals surface area contributed by atoms with Crippen LogP contribution in [0.4, 0.5) is 5.69 Å². The largest absolute Gasteiger partial charge is 0.494 e. The smallest absolute Gasteiger partial charge is 0.263 e. The summed E-state index contributed by atoms with van der Waals surface area (Å²) in [4.78, 5) is 0.00235. The molecule has 3 rings (SSSR count). The Morgan fingerprint density at radius 1 is 0.889 bits per heavy atom. The minimum atomic E-state index is -3.85. The molecule has 0 amide bonds. The number of ether oxygens (including phenoxy) is 2. The van der Waals surface area contributed by atoms with Gasteiger partial charge in [-0.15, -0.1) is 0 Å². The monoisotopic (exact) mass is 403 g/mol. The lowest BCUT2D eigenvalue weighted by molar-refractivity contribution is 0.339. The molecular weight excluding hydrogens is 386 g/mol. The van der Waals surface area contributed by atoms with Crippen molar-refractivity contribution in [2.24, 2.45) is 0 Å². The van der Waals surface area contributed by atoms with Gasteiger partial charge in [0.15, 0.2) is 5.75 Å². The van der Waals surface area contributed by atoms with Crippen LogP contribution in [0.15, 0.2) is 77.7 Å². The summed E-state index contributed by atoms with van der Waals surface area (Å²) >= 11 is 6.02. The molecule has 7 heteroatoms. The van der Waals surface area contributed by atoms with Crippen molar-refractivity contribution in [3.8, 4) is 17.2 Å². The van der Waals surface area contributed by atoms with Gasteiger partial charge in [0.2, 0.25) is 0 Å². The molecule has 0 bridgehead atoms. The van der Waals surface area contributed by atoms with E-state index in [1.165, 1.54) is 12.1 Å². The third-order valence-electron chi connectivity index (χ3n) is 3.62. The minimum absolute atomic E-state index is 0.00235. The molecule has 0 aliphatic carbocycles. The SMILES string of the molecule is CCOc1ccc(Oc2ccccc2NS(=O)(=O)c2ccccc2Cl)cc1. The highest BCUT2D eigenvalue weighted by Gasteiger charge is 2.19. The maximum Gasteiger partial charge on any atom is 0.263 e. The van der Waals surface area contributed by atoms with Crippen LogP contribution in [0.25, 0.3) is 0 Å². The molecule has 3 aromatic carbocycles. The summed E-state index contributed by atoms with van der Waals surface area (Å²) in [5, 5.41) is 0.148. The molecule has 140 valence electrons. The molecule has 0 saturated carbocycles. The first-order valence-electron chi connectivity index (χ1n) is 8.26. The van der Waals surface area contributed by atoms with Gasteiger partial charge in [-0.25, -0.2) is 8.42 Å². The summed E-state index contributed by atoms with van der Waals surface area (Å²) < 4.78 is 39.1. The summed E-state index contributed by atoms with van der Waals surface area (Å²) in [6.07, 6.45) is 0. The summed E-state index contributed by atoms with van der Waals surface area (Å²) in [6.45, 7) is 2.48. The zero-order chi connectivity index (χ0) is 19.3. The van der Waals surface area contributed by atoms with E-state index in [4.69, 9.17) is 21.1 Å². The van der Waals surface area contributed by atoms with E-state index in [1.54, 1.807) is 60.7 Å². The fourth-order valence-electron chi connectivity index (χ4n) is 2.40. The van der Waals surface area contributed by atoms with Crippen molar-refractivity contribution in [3.05, 3.63) is 77.8 Å². The fraction of sp³-hybridized carbons (Fsp3) is 0.100. The minimum Gasteiger partial charge on any atom is -0.494 e. The van der Waals surface area contributed by atoms with E-state index in [9.17, 15) is 8.42 Å². The van der Waals surface area contributed by atoms with Crippen molar-refractivity contribution in [3.63, 3.8) is 0 Å². The molecule has 0 aromatic heterocycles. The molecular formula is C20H18ClNO4S. The number of hydrogen-bond acceptors (Lipinski definition) is 4. The number of anilines is 1. The molecule has 0 atom stereocenters. The highest BCUT2D eigenvalue weighted by atomic mass is 35.5. The van der Waals surface area contributed by atoms with Crippen molar-refractivity contribution in [2.45, 2.75) is 11.8 Å². The van der Waals surface area contributed by atoms with Crippen LogP contribution in [0.3, 0.4) is 0 Å². The Kier molecular flexibility index (Phi) is 5.88. The first-order valence-corrected chi connectivity index (χ1v) is 10.1. The lowest BCUT2D eigenvalue weighted by atomic mass is 10.3. The van der Waals surface area contributed by atoms with E-state index < -0.39 is 10.0 Å². The van der Waals surface area contributed by atoms with Crippen LogP contribution in [0, 0.1) is 0 Å². The molecule has 0 saturated heterocycles. The Bertz CT molecular complexity index is 1020. The number of halogens is 1. The Morgan fingerprint density at radius 2 is 1.52 bits per heavy atom. The lowest BCUT2D eigenvalue weighted by Gasteiger charge is -2.14. The third kappa shape index (κ3) is 4.72. The number of rotatable bonds is 7. The maximum atomic E-state index is 12.7. The van der Waals surface area contributed by atoms with Gasteiger partial charge >= 0.3 is 0 Å². The standard InChI is InChI=1S/C20H18ClNO4S/c1-2-25-15-11-13-16(14-12-15)26-19-9-5-4-8-18(19)22-27(23,24)20-10-6-3-7-17(20)21/h3-14,22H,2H2,1H3. The number of benzene rings is 3. The number of para-hydroxylation sites is 2. The van der Waals surface area contributed by atoms with E-state index in [0.717, 1.165) is 5.75 Å². The van der Waals surface area contributed by atoms with Gasteiger partial charge in [-0.3, -0.25) is 4.72 Å². The average Bonchev–Trinajstić information content (AvgIpc) is 2.65. The zero-order valence-corrected chi connectivity index (χ0v) is 16.1. The van der Waals surface area contributed by atoms with Crippen LogP contribution in [0.2, 0.25) is 5.02 Å². The first kappa shape index (κ1) is 19.1. The summed E-state index contributed by atoms with van der Waals surface area (Å²) in [5.74, 6) is 1.66. The van der Waals surface area contributed by atoms with Gasteiger partial charge in [0.25, 0.3) is 10.0 Å². The fourth-order valence-corrected chi connectivity index (χ4v) is 3.99. The molecule has 0 fully saturated rings. The van der Waals surface area contributed by atoms with Crippen LogP contribution < -0.4 is 14.2 Å². The highest BCUT2D eigenvalue weighted by molar-refractivity contribution is 7.92. The molecule has 27 heavy (non-hydrogen) atoms. The van der Waals surface area contributed by atoms with Gasteiger partial charge in [-0.05, 0) is 55.5 Å². The zero-order valence-electron chi connectivity index (χ0n) is 14.6. The van der Waals surface area contributed by atoms with Crippen molar-refractivity contribution >= 4 is 27.3 Å². The van der Waals surface area contributed by atoms with Gasteiger partial charge in [0.05, 0.1) is 17.3 Å². The maximum absolute atomic E-state index is 12.7. The van der Waals surface area contributed by atoms with Crippen molar-refractivity contribution in [1.29, 1.82) is 0 Å². The van der Waals surface area contributed by atoms with Gasteiger partial charge < -0.3 is 9.47 Å². The van der Waals surface area contributed by atoms with Crippen molar-refractivity contribution in [1.82, 2.24) is 0 Å². The van der Waals surface area contributed by atoms with Crippen molar-refractivity contribution in [2.75, 3.05) is 11.3 Å². The van der Waals surface area contributed by atoms with Crippen LogP contribution in [0.1, 0.15) is 6.92 Å². The van der Waals surface area contributed by atoms with E-state index in [-0.39, 0.29) is 9.92 Å². The average molecular weight is 404 g/mol. The topological polar surface area (TPSA) is 64.6 Å². The van der Waals surface area contributed by atoms with Crippen LogP contribution >= 0.6 is 11.6 Å². The van der Waals surface area contributed by atoms with E-state index in [2.05, 4.69) is 4.72 Å². The Hall–Kier alpha value is -2.70. The highest BCUT2D eigenvalue weighted by Crippen LogP contribution is 2.32. The molecule has 0 heterocycles. The van der Waals surface area contributed by atoms with Gasteiger partial charge in [-0.1, -0.05) is 35.9 Å². The Morgan fingerprint density at radius 3 is 2.22 bits per heavy atom. The summed E-state index contributed by atoms with van der Waals surface area (Å²) in [5.41, 5.74) is 0.311. The third-order valence-corrected chi connectivity index (χ3v) is 5.49. The van der Waals surface area contributed by atoms with E-state index in [0.29, 0.717) is 23.8 Å². The summed E-state index contributed by atoms with van der Waals surface area (Å²) in [7, 11) is -3.85. The normalized spacial score (nSPS) is 11.0. The second kappa shape index (κ2) is 8.33. The van der Waals surface area contributed by atoms with Gasteiger partial charge in [0, 0.05) is 0 Å². The number of nitrogens with one attached hydrogen (secondary N) is 1. The number of sulfonamides is 1. The van der Waals surface area contributed by atoms with Crippen LogP contribution in [0.5, 0.6) is 17.2 Å². The van der Waals surface area contributed by atoms with Gasteiger partial charge in [0.1, 0.15) is 16.4 Å². The first-order chi connectivity index (χ1) is 13.0. The molecule has 0 aliphatic rings. The predicted molar refractivity (Wildman–Crippen MR) is 106 cm³/mol. The molecule has 0 unspecified atom stereocenters. The van der Waals surface area contributed by atoms with E-state index in [1.807, 2.05) is 6.92 Å². The van der Waals surface area contributed by atoms with Crippen molar-refractivity contribution < 1.29 is 17.9 Å². The van der Waals surface area contributed by atoms with E-state index >= 15 is 0 Å².